The van der Waals surface area contributed by atoms with Gasteiger partial charge in [0, 0.05) is 24.2 Å². The first-order valence-corrected chi connectivity index (χ1v) is 11.3. The maximum absolute atomic E-state index is 14.1. The van der Waals surface area contributed by atoms with Gasteiger partial charge in [0.25, 0.3) is 5.91 Å². The van der Waals surface area contributed by atoms with E-state index in [9.17, 15) is 17.6 Å². The molecule has 0 aliphatic heterocycles. The van der Waals surface area contributed by atoms with E-state index >= 15 is 0 Å². The van der Waals surface area contributed by atoms with E-state index in [1.54, 1.807) is 6.07 Å². The minimum Gasteiger partial charge on any atom is -0.489 e. The second-order valence-electron chi connectivity index (χ2n) is 6.85. The maximum atomic E-state index is 14.1. The molecule has 6 nitrogen and oxygen atoms in total. The van der Waals surface area contributed by atoms with Gasteiger partial charge in [0.2, 0.25) is 10.0 Å². The van der Waals surface area contributed by atoms with Crippen LogP contribution in [-0.4, -0.2) is 20.9 Å². The zero-order valence-corrected chi connectivity index (χ0v) is 18.1. The Bertz CT molecular complexity index is 1200. The predicted molar refractivity (Wildman–Crippen MR) is 120 cm³/mol. The highest BCUT2D eigenvalue weighted by Crippen LogP contribution is 2.20. The van der Waals surface area contributed by atoms with Crippen molar-refractivity contribution in [3.05, 3.63) is 108 Å². The van der Waals surface area contributed by atoms with E-state index in [2.05, 4.69) is 16.6 Å². The van der Waals surface area contributed by atoms with Gasteiger partial charge >= 0.3 is 0 Å². The van der Waals surface area contributed by atoms with E-state index in [0.29, 0.717) is 12.4 Å². The summed E-state index contributed by atoms with van der Waals surface area (Å²) in [4.78, 5) is 12.0. The summed E-state index contributed by atoms with van der Waals surface area (Å²) in [6.45, 7) is 3.89. The average Bonchev–Trinajstić information content (AvgIpc) is 2.81. The first-order valence-electron chi connectivity index (χ1n) is 9.83. The van der Waals surface area contributed by atoms with Crippen molar-refractivity contribution in [1.82, 2.24) is 10.0 Å². The lowest BCUT2D eigenvalue weighted by Gasteiger charge is -2.13. The van der Waals surface area contributed by atoms with Crippen LogP contribution >= 0.6 is 0 Å². The van der Waals surface area contributed by atoms with Gasteiger partial charge in [-0.2, -0.15) is 0 Å². The molecule has 0 bridgehead atoms. The van der Waals surface area contributed by atoms with Gasteiger partial charge in [-0.25, -0.2) is 17.5 Å². The van der Waals surface area contributed by atoms with Crippen molar-refractivity contribution in [2.75, 3.05) is 6.54 Å². The summed E-state index contributed by atoms with van der Waals surface area (Å²) in [5.41, 5.74) is 1.78. The summed E-state index contributed by atoms with van der Waals surface area (Å²) < 4.78 is 46.7. The molecule has 3 aromatic carbocycles. The van der Waals surface area contributed by atoms with Crippen molar-refractivity contribution in [3.8, 4) is 5.75 Å². The smallest absolute Gasteiger partial charge is 0.251 e. The second kappa shape index (κ2) is 10.7. The molecule has 0 unspecified atom stereocenters. The highest BCUT2D eigenvalue weighted by molar-refractivity contribution is 7.89. The summed E-state index contributed by atoms with van der Waals surface area (Å²) in [6.07, 6.45) is 1.34. The van der Waals surface area contributed by atoms with Crippen LogP contribution in [-0.2, 0) is 23.2 Å². The molecule has 0 heterocycles. The number of rotatable bonds is 10. The highest BCUT2D eigenvalue weighted by Gasteiger charge is 2.20. The number of hydrogen-bond donors (Lipinski definition) is 2. The third-order valence-corrected chi connectivity index (χ3v) is 5.99. The minimum atomic E-state index is -4.11. The Hall–Kier alpha value is -3.49. The molecule has 0 radical (unpaired) electrons. The number of carbonyl (C=O) groups is 1. The minimum absolute atomic E-state index is 0.0214. The van der Waals surface area contributed by atoms with E-state index in [-0.39, 0.29) is 18.7 Å². The van der Waals surface area contributed by atoms with E-state index < -0.39 is 26.6 Å². The number of sulfonamides is 1. The summed E-state index contributed by atoms with van der Waals surface area (Å²) in [7, 11) is -4.11. The molecule has 8 heteroatoms. The van der Waals surface area contributed by atoms with Crippen molar-refractivity contribution >= 4 is 15.9 Å². The number of para-hydroxylation sites is 1. The van der Waals surface area contributed by atoms with Crippen molar-refractivity contribution in [3.63, 3.8) is 0 Å². The third-order valence-electron chi connectivity index (χ3n) is 4.55. The summed E-state index contributed by atoms with van der Waals surface area (Å²) in [5.74, 6) is -0.867. The topological polar surface area (TPSA) is 84.5 Å². The Labute approximate surface area is 186 Å². The fraction of sp³-hybridized carbons (Fsp3) is 0.125. The third kappa shape index (κ3) is 6.03. The summed E-state index contributed by atoms with van der Waals surface area (Å²) in [5, 5.41) is 2.72. The lowest BCUT2D eigenvalue weighted by atomic mass is 10.1. The fourth-order valence-corrected chi connectivity index (χ4v) is 4.00. The van der Waals surface area contributed by atoms with Crippen molar-refractivity contribution in [2.24, 2.45) is 0 Å². The first-order chi connectivity index (χ1) is 15.4. The Morgan fingerprint density at radius 2 is 1.75 bits per heavy atom. The number of amides is 1. The molecule has 0 fully saturated rings. The van der Waals surface area contributed by atoms with Crippen molar-refractivity contribution < 1.29 is 22.3 Å². The van der Waals surface area contributed by atoms with Gasteiger partial charge in [-0.05, 0) is 29.8 Å². The van der Waals surface area contributed by atoms with Crippen LogP contribution in [0.2, 0.25) is 0 Å². The molecule has 32 heavy (non-hydrogen) atoms. The molecular formula is C24H23FN2O4S. The molecular weight excluding hydrogens is 431 g/mol. The first kappa shape index (κ1) is 23.2. The molecule has 0 aromatic heterocycles. The number of benzene rings is 3. The highest BCUT2D eigenvalue weighted by atomic mass is 32.2. The monoisotopic (exact) mass is 454 g/mol. The molecule has 0 saturated carbocycles. The van der Waals surface area contributed by atoms with E-state index in [1.165, 1.54) is 12.1 Å². The Kier molecular flexibility index (Phi) is 7.75. The van der Waals surface area contributed by atoms with Crippen LogP contribution in [0.15, 0.2) is 90.3 Å². The van der Waals surface area contributed by atoms with Gasteiger partial charge in [0.05, 0.1) is 0 Å². The van der Waals surface area contributed by atoms with E-state index in [4.69, 9.17) is 4.74 Å². The number of carbonyl (C=O) groups excluding carboxylic acids is 1. The van der Waals surface area contributed by atoms with Gasteiger partial charge in [-0.15, -0.1) is 6.58 Å². The zero-order valence-electron chi connectivity index (χ0n) is 17.3. The number of ether oxygens (including phenoxy) is 1. The van der Waals surface area contributed by atoms with Gasteiger partial charge in [0.15, 0.2) is 0 Å². The van der Waals surface area contributed by atoms with Gasteiger partial charge in [-0.3, -0.25) is 4.79 Å². The summed E-state index contributed by atoms with van der Waals surface area (Å²) in [6, 6.07) is 20.2. The number of nitrogens with one attached hydrogen (secondary N) is 2. The van der Waals surface area contributed by atoms with Crippen LogP contribution in [0.1, 0.15) is 21.5 Å². The lowest BCUT2D eigenvalue weighted by Crippen LogP contribution is -2.26. The van der Waals surface area contributed by atoms with Crippen molar-refractivity contribution in [1.29, 1.82) is 0 Å². The van der Waals surface area contributed by atoms with Gasteiger partial charge in [-0.1, -0.05) is 54.6 Å². The molecule has 0 aliphatic rings. The molecule has 2 N–H and O–H groups in total. The SMILES string of the molecule is C=CCNS(=O)(=O)c1cc(C(=O)NCc2ccccc2OCc2ccccc2)ccc1F. The molecule has 0 saturated heterocycles. The number of halogens is 1. The number of hydrogen-bond acceptors (Lipinski definition) is 4. The molecule has 0 aliphatic carbocycles. The quantitative estimate of drug-likeness (QED) is 0.457. The van der Waals surface area contributed by atoms with Gasteiger partial charge in [0.1, 0.15) is 23.1 Å². The molecule has 3 aromatic rings. The molecule has 1 amide bonds. The van der Waals surface area contributed by atoms with Crippen molar-refractivity contribution in [2.45, 2.75) is 18.0 Å². The van der Waals surface area contributed by atoms with Crippen LogP contribution in [0.25, 0.3) is 0 Å². The lowest BCUT2D eigenvalue weighted by molar-refractivity contribution is 0.0950. The Morgan fingerprint density at radius 1 is 1.03 bits per heavy atom. The van der Waals surface area contributed by atoms with Crippen LogP contribution in [0.4, 0.5) is 4.39 Å². The standard InChI is InChI=1S/C24H23FN2O4S/c1-2-14-27-32(29,30)23-15-19(12-13-21(23)25)24(28)26-16-20-10-6-7-11-22(20)31-17-18-8-4-3-5-9-18/h2-13,15,27H,1,14,16-17H2,(H,26,28). The predicted octanol–water partition coefficient (Wildman–Crippen LogP) is 3.80. The Balaban J connectivity index is 1.70. The zero-order chi connectivity index (χ0) is 23.0. The molecule has 3 rings (SSSR count). The maximum Gasteiger partial charge on any atom is 0.251 e. The normalized spacial score (nSPS) is 11.0. The average molecular weight is 455 g/mol. The largest absolute Gasteiger partial charge is 0.489 e. The Morgan fingerprint density at radius 3 is 2.50 bits per heavy atom. The molecule has 0 spiro atoms. The van der Waals surface area contributed by atoms with Crippen LogP contribution in [0.3, 0.4) is 0 Å². The van der Waals surface area contributed by atoms with Crippen LogP contribution in [0, 0.1) is 5.82 Å². The molecule has 166 valence electrons. The molecule has 0 atom stereocenters. The fourth-order valence-electron chi connectivity index (χ4n) is 2.90. The summed E-state index contributed by atoms with van der Waals surface area (Å²) >= 11 is 0. The van der Waals surface area contributed by atoms with E-state index in [1.807, 2.05) is 48.5 Å². The van der Waals surface area contributed by atoms with Gasteiger partial charge < -0.3 is 10.1 Å². The second-order valence-corrected chi connectivity index (χ2v) is 8.59. The van der Waals surface area contributed by atoms with E-state index in [0.717, 1.165) is 23.3 Å². The van der Waals surface area contributed by atoms with Crippen LogP contribution in [0.5, 0.6) is 5.75 Å². The van der Waals surface area contributed by atoms with Crippen LogP contribution < -0.4 is 14.8 Å².